The molecule has 0 saturated carbocycles. The Balaban J connectivity index is 2.81. The summed E-state index contributed by atoms with van der Waals surface area (Å²) in [4.78, 5) is 0. The molecule has 0 saturated heterocycles. The average Bonchev–Trinajstić information content (AvgIpc) is 2.28. The summed E-state index contributed by atoms with van der Waals surface area (Å²) in [6.07, 6.45) is -0.633. The van der Waals surface area contributed by atoms with Crippen molar-refractivity contribution in [1.29, 1.82) is 0 Å². The molecule has 4 nitrogen and oxygen atoms in total. The molecule has 3 N–H and O–H groups in total. The molecule has 0 aliphatic rings. The topological polar surface area (TPSA) is 64.7 Å². The van der Waals surface area contributed by atoms with Gasteiger partial charge in [-0.2, -0.15) is 0 Å². The normalized spacial score (nSPS) is 12.3. The van der Waals surface area contributed by atoms with E-state index in [0.29, 0.717) is 0 Å². The number of nitrogens with two attached hydrogens (primary N) is 1. The smallest absolute Gasteiger partial charge is 0.128 e. The number of aryl methyl sites for hydroxylation is 1. The molecule has 0 radical (unpaired) electrons. The van der Waals surface area contributed by atoms with Crippen LogP contribution in [0.15, 0.2) is 12.1 Å². The van der Waals surface area contributed by atoms with E-state index in [1.54, 1.807) is 7.11 Å². The van der Waals surface area contributed by atoms with Gasteiger partial charge < -0.3 is 20.3 Å². The Labute approximate surface area is 96.0 Å². The van der Waals surface area contributed by atoms with Gasteiger partial charge in [0.1, 0.15) is 24.2 Å². The van der Waals surface area contributed by atoms with Crippen molar-refractivity contribution < 1.29 is 14.6 Å². The molecule has 1 aromatic carbocycles. The third kappa shape index (κ3) is 2.87. The highest BCUT2D eigenvalue weighted by molar-refractivity contribution is 5.48. The second kappa shape index (κ2) is 5.72. The van der Waals surface area contributed by atoms with Gasteiger partial charge in [-0.15, -0.1) is 0 Å². The van der Waals surface area contributed by atoms with Crippen LogP contribution in [-0.2, 0) is 0 Å². The maximum absolute atomic E-state index is 9.31. The van der Waals surface area contributed by atoms with E-state index in [1.165, 1.54) is 0 Å². The number of rotatable bonds is 5. The lowest BCUT2D eigenvalue weighted by Crippen LogP contribution is -2.26. The molecule has 4 heteroatoms. The molecule has 1 atom stereocenters. The molecule has 16 heavy (non-hydrogen) atoms. The van der Waals surface area contributed by atoms with Gasteiger partial charge in [-0.1, -0.05) is 6.07 Å². The van der Waals surface area contributed by atoms with Crippen molar-refractivity contribution in [3.05, 3.63) is 23.3 Å². The molecule has 90 valence electrons. The van der Waals surface area contributed by atoms with Crippen LogP contribution in [0.4, 0.5) is 0 Å². The molecule has 1 aromatic rings. The number of benzene rings is 1. The third-order valence-corrected chi connectivity index (χ3v) is 2.46. The molecule has 0 bridgehead atoms. The molecule has 0 spiro atoms. The predicted octanol–water partition coefficient (Wildman–Crippen LogP) is 1.01. The Morgan fingerprint density at radius 2 is 2.06 bits per heavy atom. The third-order valence-electron chi connectivity index (χ3n) is 2.46. The average molecular weight is 225 g/mol. The number of ether oxygens (including phenoxy) is 2. The van der Waals surface area contributed by atoms with Gasteiger partial charge in [0.15, 0.2) is 0 Å². The van der Waals surface area contributed by atoms with E-state index in [-0.39, 0.29) is 13.2 Å². The highest BCUT2D eigenvalue weighted by atomic mass is 16.5. The Morgan fingerprint density at radius 3 is 2.62 bits per heavy atom. The largest absolute Gasteiger partial charge is 0.496 e. The van der Waals surface area contributed by atoms with Gasteiger partial charge in [0, 0.05) is 12.1 Å². The van der Waals surface area contributed by atoms with Crippen molar-refractivity contribution in [2.45, 2.75) is 20.0 Å². The summed E-state index contributed by atoms with van der Waals surface area (Å²) >= 11 is 0. The molecule has 0 aliphatic carbocycles. The zero-order valence-electron chi connectivity index (χ0n) is 9.99. The number of hydrogen-bond acceptors (Lipinski definition) is 4. The van der Waals surface area contributed by atoms with Crippen LogP contribution in [0.3, 0.4) is 0 Å². The Kier molecular flexibility index (Phi) is 4.58. The predicted molar refractivity (Wildman–Crippen MR) is 63.0 cm³/mol. The standard InChI is InChI=1S/C12H19NO3/c1-8-4-5-11(9(2)12(8)15-3)16-7-10(14)6-13/h4-5,10,14H,6-7,13H2,1-3H3/t10-/m1/s1. The van der Waals surface area contributed by atoms with E-state index >= 15 is 0 Å². The summed E-state index contributed by atoms with van der Waals surface area (Å²) in [5, 5.41) is 9.31. The summed E-state index contributed by atoms with van der Waals surface area (Å²) in [5.41, 5.74) is 7.30. The zero-order chi connectivity index (χ0) is 12.1. The molecule has 0 aromatic heterocycles. The first kappa shape index (κ1) is 12.8. The Hall–Kier alpha value is -1.26. The van der Waals surface area contributed by atoms with Gasteiger partial charge in [-0.05, 0) is 25.5 Å². The number of methoxy groups -OCH3 is 1. The lowest BCUT2D eigenvalue weighted by atomic mass is 10.1. The van der Waals surface area contributed by atoms with E-state index in [2.05, 4.69) is 0 Å². The molecule has 0 aliphatic heterocycles. The van der Waals surface area contributed by atoms with Crippen molar-refractivity contribution in [3.8, 4) is 11.5 Å². The molecule has 1 rings (SSSR count). The minimum Gasteiger partial charge on any atom is -0.496 e. The van der Waals surface area contributed by atoms with E-state index in [9.17, 15) is 5.11 Å². The van der Waals surface area contributed by atoms with Gasteiger partial charge >= 0.3 is 0 Å². The van der Waals surface area contributed by atoms with Crippen molar-refractivity contribution in [2.75, 3.05) is 20.3 Å². The van der Waals surface area contributed by atoms with Crippen LogP contribution in [0.5, 0.6) is 11.5 Å². The zero-order valence-corrected chi connectivity index (χ0v) is 9.99. The summed E-state index contributed by atoms with van der Waals surface area (Å²) in [6.45, 7) is 4.30. The van der Waals surface area contributed by atoms with Crippen LogP contribution in [0.25, 0.3) is 0 Å². The molecule has 0 unspecified atom stereocenters. The second-order valence-corrected chi connectivity index (χ2v) is 3.74. The van der Waals surface area contributed by atoms with Crippen molar-refractivity contribution in [1.82, 2.24) is 0 Å². The maximum Gasteiger partial charge on any atom is 0.128 e. The summed E-state index contributed by atoms with van der Waals surface area (Å²) in [5.74, 6) is 1.54. The Morgan fingerprint density at radius 1 is 1.38 bits per heavy atom. The summed E-state index contributed by atoms with van der Waals surface area (Å²) < 4.78 is 10.8. The SMILES string of the molecule is COc1c(C)ccc(OC[C@H](O)CN)c1C. The second-order valence-electron chi connectivity index (χ2n) is 3.74. The van der Waals surface area contributed by atoms with Crippen LogP contribution in [0, 0.1) is 13.8 Å². The molecule has 0 heterocycles. The first-order valence-corrected chi connectivity index (χ1v) is 5.25. The minimum absolute atomic E-state index is 0.196. The van der Waals surface area contributed by atoms with Crippen LogP contribution in [0.1, 0.15) is 11.1 Å². The first-order valence-electron chi connectivity index (χ1n) is 5.25. The van der Waals surface area contributed by atoms with Gasteiger partial charge in [0.2, 0.25) is 0 Å². The fourth-order valence-corrected chi connectivity index (χ4v) is 1.53. The fraction of sp³-hybridized carbons (Fsp3) is 0.500. The summed E-state index contributed by atoms with van der Waals surface area (Å²) in [7, 11) is 1.63. The van der Waals surface area contributed by atoms with Gasteiger partial charge in [-0.3, -0.25) is 0 Å². The maximum atomic E-state index is 9.31. The lowest BCUT2D eigenvalue weighted by molar-refractivity contribution is 0.113. The Bertz CT molecular complexity index is 352. The number of hydrogen-bond donors (Lipinski definition) is 2. The molecule has 0 amide bonds. The van der Waals surface area contributed by atoms with E-state index in [0.717, 1.165) is 22.6 Å². The number of aliphatic hydroxyl groups is 1. The highest BCUT2D eigenvalue weighted by Crippen LogP contribution is 2.30. The van der Waals surface area contributed by atoms with Gasteiger partial charge in [0.05, 0.1) is 7.11 Å². The summed E-state index contributed by atoms with van der Waals surface area (Å²) in [6, 6.07) is 3.80. The van der Waals surface area contributed by atoms with Gasteiger partial charge in [0.25, 0.3) is 0 Å². The van der Waals surface area contributed by atoms with Crippen LogP contribution < -0.4 is 15.2 Å². The molecule has 0 fully saturated rings. The van der Waals surface area contributed by atoms with E-state index < -0.39 is 6.10 Å². The van der Waals surface area contributed by atoms with Gasteiger partial charge in [-0.25, -0.2) is 0 Å². The monoisotopic (exact) mass is 225 g/mol. The van der Waals surface area contributed by atoms with E-state index in [4.69, 9.17) is 15.2 Å². The lowest BCUT2D eigenvalue weighted by Gasteiger charge is -2.15. The van der Waals surface area contributed by atoms with Crippen molar-refractivity contribution in [2.24, 2.45) is 5.73 Å². The van der Waals surface area contributed by atoms with Crippen LogP contribution in [0.2, 0.25) is 0 Å². The number of aliphatic hydroxyl groups excluding tert-OH is 1. The van der Waals surface area contributed by atoms with E-state index in [1.807, 2.05) is 26.0 Å². The quantitative estimate of drug-likeness (QED) is 0.785. The van der Waals surface area contributed by atoms with Crippen molar-refractivity contribution >= 4 is 0 Å². The molecular formula is C12H19NO3. The fourth-order valence-electron chi connectivity index (χ4n) is 1.53. The van der Waals surface area contributed by atoms with Crippen molar-refractivity contribution in [3.63, 3.8) is 0 Å². The minimum atomic E-state index is -0.633. The first-order chi connectivity index (χ1) is 7.60. The van der Waals surface area contributed by atoms with Crippen LogP contribution >= 0.6 is 0 Å². The van der Waals surface area contributed by atoms with Crippen LogP contribution in [-0.4, -0.2) is 31.5 Å². The molecular weight excluding hydrogens is 206 g/mol. The highest BCUT2D eigenvalue weighted by Gasteiger charge is 2.10.